The van der Waals surface area contributed by atoms with E-state index in [2.05, 4.69) is 29.7 Å². The number of aliphatic hydroxyl groups excluding tert-OH is 1. The Bertz CT molecular complexity index is 984. The summed E-state index contributed by atoms with van der Waals surface area (Å²) in [4.78, 5) is 2.32. The third-order valence-corrected chi connectivity index (χ3v) is 6.90. The molecule has 0 saturated heterocycles. The number of ether oxygens (including phenoxy) is 1. The highest BCUT2D eigenvalue weighted by Gasteiger charge is 2.36. The fraction of sp³-hybridized carbons (Fsp3) is 0.423. The summed E-state index contributed by atoms with van der Waals surface area (Å²) in [7, 11) is 0. The third kappa shape index (κ3) is 4.89. The Labute approximate surface area is 189 Å². The van der Waals surface area contributed by atoms with Gasteiger partial charge in [-0.2, -0.15) is 5.26 Å². The van der Waals surface area contributed by atoms with Crippen LogP contribution in [0.5, 0.6) is 5.75 Å². The Morgan fingerprint density at radius 1 is 1.23 bits per heavy atom. The second-order valence-corrected chi connectivity index (χ2v) is 9.06. The summed E-state index contributed by atoms with van der Waals surface area (Å²) in [5.41, 5.74) is 4.09. The van der Waals surface area contributed by atoms with Crippen molar-refractivity contribution < 1.29 is 9.84 Å². The summed E-state index contributed by atoms with van der Waals surface area (Å²) in [6.45, 7) is 5.92. The number of hydrogen-bond donors (Lipinski definition) is 1. The van der Waals surface area contributed by atoms with Crippen LogP contribution in [-0.2, 0) is 13.0 Å². The van der Waals surface area contributed by atoms with E-state index in [0.29, 0.717) is 24.6 Å². The summed E-state index contributed by atoms with van der Waals surface area (Å²) >= 11 is 6.31. The number of rotatable bonds is 4. The molecular formula is C26H29ClN2O2. The normalized spacial score (nSPS) is 21.9. The smallest absolute Gasteiger partial charge is 0.142 e. The number of hydrogen-bond acceptors (Lipinski definition) is 4. The van der Waals surface area contributed by atoms with Gasteiger partial charge in [0.05, 0.1) is 30.0 Å². The summed E-state index contributed by atoms with van der Waals surface area (Å²) in [5, 5.41) is 20.6. The van der Waals surface area contributed by atoms with Crippen LogP contribution in [0.3, 0.4) is 0 Å². The molecule has 1 fully saturated rings. The summed E-state index contributed by atoms with van der Waals surface area (Å²) in [6, 6.07) is 14.1. The molecule has 1 heterocycles. The lowest BCUT2D eigenvalue weighted by Gasteiger charge is -2.42. The first-order valence-electron chi connectivity index (χ1n) is 11.1. The van der Waals surface area contributed by atoms with Crippen molar-refractivity contribution in [1.29, 1.82) is 5.26 Å². The molecule has 0 unspecified atom stereocenters. The standard InChI is InChI=1S/C26H29ClN2O2/c1-2-25(30)23-10-8-21(23)17-29-16-20-7-9-22(27)14-19(20)5-3-4-12-31-26-11-6-18(15-28)13-24(26)29/h2,6-7,9,11,13-14,21,23,25,30H,1,3-5,8,10,12,16-17H2/t21-,23+,25-/m0/s1. The lowest BCUT2D eigenvalue weighted by Crippen LogP contribution is -2.42. The zero-order valence-electron chi connectivity index (χ0n) is 17.8. The molecule has 4 rings (SSSR count). The Kier molecular flexibility index (Phi) is 6.85. The SMILES string of the molecule is C=C[C@H](O)[C@@H]1CC[C@H]1CN1Cc2ccc(Cl)cc2CCCCOc2ccc(C#N)cc21. The minimum atomic E-state index is -0.477. The molecule has 4 nitrogen and oxygen atoms in total. The van der Waals surface area contributed by atoms with Crippen LogP contribution in [0.25, 0.3) is 0 Å². The molecule has 1 saturated carbocycles. The van der Waals surface area contributed by atoms with E-state index in [1.165, 1.54) is 11.1 Å². The van der Waals surface area contributed by atoms with Crippen molar-refractivity contribution in [3.05, 3.63) is 70.8 Å². The van der Waals surface area contributed by atoms with E-state index in [4.69, 9.17) is 16.3 Å². The topological polar surface area (TPSA) is 56.5 Å². The molecule has 2 aromatic carbocycles. The van der Waals surface area contributed by atoms with Crippen molar-refractivity contribution in [2.24, 2.45) is 11.8 Å². The summed E-state index contributed by atoms with van der Waals surface area (Å²) in [6.07, 6.45) is 6.22. The number of aryl methyl sites for hydroxylation is 1. The van der Waals surface area contributed by atoms with Gasteiger partial charge < -0.3 is 14.7 Å². The number of anilines is 1. The van der Waals surface area contributed by atoms with Crippen molar-refractivity contribution in [2.75, 3.05) is 18.1 Å². The van der Waals surface area contributed by atoms with E-state index < -0.39 is 6.10 Å². The average Bonchev–Trinajstić information content (AvgIpc) is 2.79. The van der Waals surface area contributed by atoms with Crippen LogP contribution in [0.2, 0.25) is 5.02 Å². The highest BCUT2D eigenvalue weighted by molar-refractivity contribution is 6.30. The number of fused-ring (bicyclic) bond motifs is 2. The first-order valence-corrected chi connectivity index (χ1v) is 11.5. The van der Waals surface area contributed by atoms with Crippen LogP contribution in [0.4, 0.5) is 5.69 Å². The van der Waals surface area contributed by atoms with Gasteiger partial charge in [-0.25, -0.2) is 0 Å². The Hall–Kier alpha value is -2.48. The fourth-order valence-electron chi connectivity index (χ4n) is 4.72. The van der Waals surface area contributed by atoms with Crippen LogP contribution in [-0.4, -0.2) is 24.4 Å². The largest absolute Gasteiger partial charge is 0.491 e. The Morgan fingerprint density at radius 2 is 2.10 bits per heavy atom. The van der Waals surface area contributed by atoms with Crippen LogP contribution >= 0.6 is 11.6 Å². The zero-order valence-corrected chi connectivity index (χ0v) is 18.5. The number of nitriles is 1. The molecule has 162 valence electrons. The molecular weight excluding hydrogens is 408 g/mol. The van der Waals surface area contributed by atoms with Crippen LogP contribution in [0, 0.1) is 23.2 Å². The van der Waals surface area contributed by atoms with Crippen LogP contribution in [0.1, 0.15) is 42.4 Å². The summed E-state index contributed by atoms with van der Waals surface area (Å²) < 4.78 is 6.16. The summed E-state index contributed by atoms with van der Waals surface area (Å²) in [5.74, 6) is 1.41. The lowest BCUT2D eigenvalue weighted by molar-refractivity contribution is 0.0464. The number of nitrogens with zero attached hydrogens (tertiary/aromatic N) is 2. The highest BCUT2D eigenvalue weighted by Crippen LogP contribution is 2.41. The predicted molar refractivity (Wildman–Crippen MR) is 125 cm³/mol. The van der Waals surface area contributed by atoms with Gasteiger partial charge >= 0.3 is 0 Å². The molecule has 0 aromatic heterocycles. The van der Waals surface area contributed by atoms with Crippen LogP contribution in [0.15, 0.2) is 49.1 Å². The first kappa shape index (κ1) is 21.7. The molecule has 0 radical (unpaired) electrons. The van der Waals surface area contributed by atoms with Gasteiger partial charge in [0.25, 0.3) is 0 Å². The number of benzene rings is 2. The van der Waals surface area contributed by atoms with Gasteiger partial charge in [-0.1, -0.05) is 23.7 Å². The average molecular weight is 437 g/mol. The minimum absolute atomic E-state index is 0.226. The van der Waals surface area contributed by atoms with Gasteiger partial charge in [0.1, 0.15) is 5.75 Å². The molecule has 1 aliphatic carbocycles. The van der Waals surface area contributed by atoms with Gasteiger partial charge in [0.15, 0.2) is 0 Å². The molecule has 2 aromatic rings. The number of aliphatic hydroxyl groups is 1. The second-order valence-electron chi connectivity index (χ2n) is 8.62. The van der Waals surface area contributed by atoms with Crippen molar-refractivity contribution in [3.8, 4) is 11.8 Å². The molecule has 0 bridgehead atoms. The molecule has 31 heavy (non-hydrogen) atoms. The predicted octanol–water partition coefficient (Wildman–Crippen LogP) is 5.51. The van der Waals surface area contributed by atoms with Gasteiger partial charge in [0.2, 0.25) is 0 Å². The molecule has 1 aliphatic heterocycles. The molecule has 5 heteroatoms. The maximum atomic E-state index is 10.3. The number of halogens is 1. The monoisotopic (exact) mass is 436 g/mol. The molecule has 0 spiro atoms. The fourth-order valence-corrected chi connectivity index (χ4v) is 4.91. The van der Waals surface area contributed by atoms with E-state index in [1.54, 1.807) is 6.08 Å². The van der Waals surface area contributed by atoms with Crippen molar-refractivity contribution in [1.82, 2.24) is 0 Å². The first-order chi connectivity index (χ1) is 15.1. The maximum absolute atomic E-state index is 10.3. The van der Waals surface area contributed by atoms with Gasteiger partial charge in [-0.15, -0.1) is 6.58 Å². The van der Waals surface area contributed by atoms with Crippen molar-refractivity contribution in [3.63, 3.8) is 0 Å². The highest BCUT2D eigenvalue weighted by atomic mass is 35.5. The van der Waals surface area contributed by atoms with E-state index in [9.17, 15) is 10.4 Å². The Balaban J connectivity index is 1.73. The molecule has 2 aliphatic rings. The molecule has 0 amide bonds. The quantitative estimate of drug-likeness (QED) is 0.642. The Morgan fingerprint density at radius 3 is 2.84 bits per heavy atom. The van der Waals surface area contributed by atoms with Crippen molar-refractivity contribution in [2.45, 2.75) is 44.8 Å². The molecule has 3 atom stereocenters. The van der Waals surface area contributed by atoms with Gasteiger partial charge in [-0.05, 0) is 85.4 Å². The van der Waals surface area contributed by atoms with Gasteiger partial charge in [-0.3, -0.25) is 0 Å². The minimum Gasteiger partial charge on any atom is -0.491 e. The maximum Gasteiger partial charge on any atom is 0.142 e. The van der Waals surface area contributed by atoms with Gasteiger partial charge in [0, 0.05) is 18.1 Å². The van der Waals surface area contributed by atoms with E-state index in [-0.39, 0.29) is 5.92 Å². The third-order valence-electron chi connectivity index (χ3n) is 6.67. The lowest BCUT2D eigenvalue weighted by atomic mass is 9.70. The molecule has 1 N–H and O–H groups in total. The van der Waals surface area contributed by atoms with E-state index in [1.807, 2.05) is 24.3 Å². The zero-order chi connectivity index (χ0) is 21.8. The second kappa shape index (κ2) is 9.77. The van der Waals surface area contributed by atoms with E-state index in [0.717, 1.165) is 55.1 Å². The van der Waals surface area contributed by atoms with E-state index >= 15 is 0 Å². The van der Waals surface area contributed by atoms with Crippen molar-refractivity contribution >= 4 is 17.3 Å². The van der Waals surface area contributed by atoms with Crippen LogP contribution < -0.4 is 9.64 Å².